The fourth-order valence-corrected chi connectivity index (χ4v) is 3.30. The molecule has 3 amide bonds. The Bertz CT molecular complexity index is 929. The molecule has 6 nitrogen and oxygen atoms in total. The van der Waals surface area contributed by atoms with Crippen molar-refractivity contribution in [1.29, 1.82) is 0 Å². The third kappa shape index (κ3) is 3.63. The van der Waals surface area contributed by atoms with Crippen molar-refractivity contribution in [3.8, 4) is 11.5 Å². The van der Waals surface area contributed by atoms with Gasteiger partial charge >= 0.3 is 6.03 Å². The summed E-state index contributed by atoms with van der Waals surface area (Å²) in [5.41, 5.74) is 1.13. The molecule has 1 saturated heterocycles. The number of anilines is 1. The standard InChI is InChI=1S/C18H14ClIN2O4/c1-2-26-15-8-10(6-13(20)16(15)23)7-14-17(24)22(18(25)21-14)12-5-3-4-11(19)9-12/h3-9,23H,2H2,1H3,(H,21,25). The van der Waals surface area contributed by atoms with E-state index in [1.807, 2.05) is 22.6 Å². The molecule has 1 aliphatic heterocycles. The van der Waals surface area contributed by atoms with Gasteiger partial charge in [-0.1, -0.05) is 17.7 Å². The summed E-state index contributed by atoms with van der Waals surface area (Å²) in [6.45, 7) is 2.20. The summed E-state index contributed by atoms with van der Waals surface area (Å²) >= 11 is 7.91. The van der Waals surface area contributed by atoms with Crippen LogP contribution in [0.1, 0.15) is 12.5 Å². The maximum absolute atomic E-state index is 12.6. The van der Waals surface area contributed by atoms with Gasteiger partial charge in [-0.15, -0.1) is 0 Å². The molecule has 8 heteroatoms. The number of hydrogen-bond donors (Lipinski definition) is 2. The SMILES string of the molecule is CCOc1cc(C=C2NC(=O)N(c3cccc(Cl)c3)C2=O)cc(I)c1O. The largest absolute Gasteiger partial charge is 0.504 e. The predicted octanol–water partition coefficient (Wildman–Crippen LogP) is 4.15. The molecule has 0 spiro atoms. The number of nitrogens with one attached hydrogen (secondary N) is 1. The van der Waals surface area contributed by atoms with Gasteiger partial charge in [0.2, 0.25) is 0 Å². The molecule has 3 rings (SSSR count). The van der Waals surface area contributed by atoms with E-state index in [2.05, 4.69) is 5.32 Å². The highest BCUT2D eigenvalue weighted by Gasteiger charge is 2.35. The Kier molecular flexibility index (Phi) is 5.38. The monoisotopic (exact) mass is 484 g/mol. The average Bonchev–Trinajstić information content (AvgIpc) is 2.86. The number of benzene rings is 2. The van der Waals surface area contributed by atoms with Gasteiger partial charge in [0.25, 0.3) is 5.91 Å². The Hall–Kier alpha value is -2.26. The second-order valence-electron chi connectivity index (χ2n) is 5.39. The molecule has 1 fully saturated rings. The van der Waals surface area contributed by atoms with Gasteiger partial charge in [0, 0.05) is 5.02 Å². The van der Waals surface area contributed by atoms with Crippen LogP contribution in [0.2, 0.25) is 5.02 Å². The molecule has 1 heterocycles. The quantitative estimate of drug-likeness (QED) is 0.388. The van der Waals surface area contributed by atoms with E-state index in [4.69, 9.17) is 16.3 Å². The molecule has 2 aromatic rings. The first-order valence-electron chi connectivity index (χ1n) is 7.68. The smallest absolute Gasteiger partial charge is 0.333 e. The number of halogens is 2. The van der Waals surface area contributed by atoms with Crippen molar-refractivity contribution in [3.05, 3.63) is 56.3 Å². The van der Waals surface area contributed by atoms with Gasteiger partial charge < -0.3 is 15.2 Å². The summed E-state index contributed by atoms with van der Waals surface area (Å²) in [7, 11) is 0. The summed E-state index contributed by atoms with van der Waals surface area (Å²) in [4.78, 5) is 25.9. The number of imide groups is 1. The zero-order chi connectivity index (χ0) is 18.8. The van der Waals surface area contributed by atoms with Crippen LogP contribution < -0.4 is 15.0 Å². The predicted molar refractivity (Wildman–Crippen MR) is 107 cm³/mol. The van der Waals surface area contributed by atoms with Crippen LogP contribution >= 0.6 is 34.2 Å². The summed E-state index contributed by atoms with van der Waals surface area (Å²) in [6, 6.07) is 9.23. The Morgan fingerprint density at radius 3 is 2.77 bits per heavy atom. The Morgan fingerprint density at radius 2 is 2.08 bits per heavy atom. The molecule has 1 aliphatic rings. The number of carbonyl (C=O) groups excluding carboxylic acids is 2. The van der Waals surface area contributed by atoms with Gasteiger partial charge in [0.15, 0.2) is 11.5 Å². The number of amides is 3. The van der Waals surface area contributed by atoms with Gasteiger partial charge in [0.1, 0.15) is 5.70 Å². The van der Waals surface area contributed by atoms with E-state index in [0.29, 0.717) is 32.2 Å². The van der Waals surface area contributed by atoms with Gasteiger partial charge in [0.05, 0.1) is 15.9 Å². The Morgan fingerprint density at radius 1 is 1.31 bits per heavy atom. The van der Waals surface area contributed by atoms with Gasteiger partial charge in [-0.3, -0.25) is 4.79 Å². The molecule has 0 saturated carbocycles. The van der Waals surface area contributed by atoms with Gasteiger partial charge in [-0.05, 0) is 71.5 Å². The average molecular weight is 485 g/mol. The lowest BCUT2D eigenvalue weighted by molar-refractivity contribution is -0.113. The minimum atomic E-state index is -0.554. The van der Waals surface area contributed by atoms with Crippen molar-refractivity contribution in [2.45, 2.75) is 6.92 Å². The summed E-state index contributed by atoms with van der Waals surface area (Å²) in [5.74, 6) is -0.134. The van der Waals surface area contributed by atoms with E-state index in [0.717, 1.165) is 4.90 Å². The lowest BCUT2D eigenvalue weighted by atomic mass is 10.1. The van der Waals surface area contributed by atoms with Crippen molar-refractivity contribution < 1.29 is 19.4 Å². The normalized spacial score (nSPS) is 15.5. The topological polar surface area (TPSA) is 78.9 Å². The highest BCUT2D eigenvalue weighted by Crippen LogP contribution is 2.34. The van der Waals surface area contributed by atoms with Crippen LogP contribution in [0.4, 0.5) is 10.5 Å². The number of phenolic OH excluding ortho intramolecular Hbond substituents is 1. The summed E-state index contributed by atoms with van der Waals surface area (Å²) in [6.07, 6.45) is 1.54. The summed E-state index contributed by atoms with van der Waals surface area (Å²) < 4.78 is 5.97. The first kappa shape index (κ1) is 18.5. The van der Waals surface area contributed by atoms with Crippen LogP contribution in [0, 0.1) is 3.57 Å². The molecule has 134 valence electrons. The highest BCUT2D eigenvalue weighted by molar-refractivity contribution is 14.1. The van der Waals surface area contributed by atoms with E-state index in [9.17, 15) is 14.7 Å². The van der Waals surface area contributed by atoms with Crippen LogP contribution in [0.5, 0.6) is 11.5 Å². The van der Waals surface area contributed by atoms with Crippen LogP contribution in [0.25, 0.3) is 6.08 Å². The molecule has 26 heavy (non-hydrogen) atoms. The van der Waals surface area contributed by atoms with Crippen LogP contribution in [0.3, 0.4) is 0 Å². The minimum Gasteiger partial charge on any atom is -0.504 e. The van der Waals surface area contributed by atoms with Crippen molar-refractivity contribution in [2.75, 3.05) is 11.5 Å². The number of phenols is 1. The first-order chi connectivity index (χ1) is 12.4. The van der Waals surface area contributed by atoms with Crippen molar-refractivity contribution >= 4 is 57.9 Å². The number of aromatic hydroxyl groups is 1. The molecular formula is C18H14ClIN2O4. The number of nitrogens with zero attached hydrogens (tertiary/aromatic N) is 1. The molecule has 0 atom stereocenters. The number of ether oxygens (including phenoxy) is 1. The number of urea groups is 1. The number of rotatable bonds is 4. The first-order valence-corrected chi connectivity index (χ1v) is 9.14. The molecule has 2 aromatic carbocycles. The van der Waals surface area contributed by atoms with E-state index in [1.54, 1.807) is 43.3 Å². The molecule has 2 N–H and O–H groups in total. The second-order valence-corrected chi connectivity index (χ2v) is 6.99. The van der Waals surface area contributed by atoms with E-state index in [-0.39, 0.29) is 11.4 Å². The lowest BCUT2D eigenvalue weighted by Crippen LogP contribution is -2.30. The summed E-state index contributed by atoms with van der Waals surface area (Å²) in [5, 5.41) is 13.0. The van der Waals surface area contributed by atoms with Crippen molar-refractivity contribution in [2.24, 2.45) is 0 Å². The van der Waals surface area contributed by atoms with Crippen molar-refractivity contribution in [3.63, 3.8) is 0 Å². The third-order valence-electron chi connectivity index (χ3n) is 3.61. The Labute approximate surface area is 168 Å². The minimum absolute atomic E-state index is 0.0388. The van der Waals surface area contributed by atoms with E-state index in [1.165, 1.54) is 6.08 Å². The maximum Gasteiger partial charge on any atom is 0.333 e. The molecular weight excluding hydrogens is 471 g/mol. The fraction of sp³-hybridized carbons (Fsp3) is 0.111. The van der Waals surface area contributed by atoms with Gasteiger partial charge in [-0.25, -0.2) is 9.69 Å². The number of carbonyl (C=O) groups is 2. The third-order valence-corrected chi connectivity index (χ3v) is 4.66. The fourth-order valence-electron chi connectivity index (χ4n) is 2.49. The molecule has 0 bridgehead atoms. The Balaban J connectivity index is 1.96. The second kappa shape index (κ2) is 7.55. The van der Waals surface area contributed by atoms with E-state index >= 15 is 0 Å². The number of hydrogen-bond acceptors (Lipinski definition) is 4. The van der Waals surface area contributed by atoms with Crippen LogP contribution in [0.15, 0.2) is 42.1 Å². The zero-order valence-electron chi connectivity index (χ0n) is 13.6. The van der Waals surface area contributed by atoms with Crippen LogP contribution in [-0.2, 0) is 4.79 Å². The maximum atomic E-state index is 12.6. The molecule has 0 aliphatic carbocycles. The van der Waals surface area contributed by atoms with Crippen LogP contribution in [-0.4, -0.2) is 23.7 Å². The lowest BCUT2D eigenvalue weighted by Gasteiger charge is -2.11. The zero-order valence-corrected chi connectivity index (χ0v) is 16.5. The molecule has 0 unspecified atom stereocenters. The highest BCUT2D eigenvalue weighted by atomic mass is 127. The van der Waals surface area contributed by atoms with Gasteiger partial charge in [-0.2, -0.15) is 0 Å². The molecule has 0 radical (unpaired) electrons. The van der Waals surface area contributed by atoms with E-state index < -0.39 is 11.9 Å². The molecule has 0 aromatic heterocycles. The van der Waals surface area contributed by atoms with Crippen molar-refractivity contribution in [1.82, 2.24) is 5.32 Å².